The highest BCUT2D eigenvalue weighted by Gasteiger charge is 2.21. The van der Waals surface area contributed by atoms with Gasteiger partial charge in [-0.05, 0) is 55.7 Å². The quantitative estimate of drug-likeness (QED) is 0.402. The Kier molecular flexibility index (Phi) is 5.16. The fourth-order valence-electron chi connectivity index (χ4n) is 3.63. The van der Waals surface area contributed by atoms with Crippen LogP contribution in [0.1, 0.15) is 42.0 Å². The normalized spacial score (nSPS) is 12.2. The summed E-state index contributed by atoms with van der Waals surface area (Å²) in [7, 11) is 0. The van der Waals surface area contributed by atoms with Crippen LogP contribution < -0.4 is 4.74 Å². The summed E-state index contributed by atoms with van der Waals surface area (Å²) in [5.41, 5.74) is 6.05. The highest BCUT2D eigenvalue weighted by Crippen LogP contribution is 2.28. The lowest BCUT2D eigenvalue weighted by atomic mass is 10.1. The van der Waals surface area contributed by atoms with E-state index in [-0.39, 0.29) is 6.10 Å². The van der Waals surface area contributed by atoms with E-state index < -0.39 is 0 Å². The number of aryl methyl sites for hydroxylation is 2. The van der Waals surface area contributed by atoms with Crippen molar-refractivity contribution in [1.82, 2.24) is 9.55 Å². The van der Waals surface area contributed by atoms with Crippen molar-refractivity contribution in [1.29, 1.82) is 0 Å². The highest BCUT2D eigenvalue weighted by molar-refractivity contribution is 5.76. The Balaban J connectivity index is 1.79. The third-order valence-electron chi connectivity index (χ3n) is 5.20. The molecule has 0 saturated carbocycles. The van der Waals surface area contributed by atoms with Crippen LogP contribution in [0.25, 0.3) is 11.0 Å². The second-order valence-electron chi connectivity index (χ2n) is 7.30. The minimum atomic E-state index is -0.0973. The fraction of sp³-hybridized carbons (Fsp3) is 0.240. The molecule has 0 N–H and O–H groups in total. The molecular weight excluding hydrogens is 344 g/mol. The number of fused-ring (bicyclic) bond motifs is 1. The molecule has 142 valence electrons. The number of ether oxygens (including phenoxy) is 1. The van der Waals surface area contributed by atoms with E-state index >= 15 is 0 Å². The topological polar surface area (TPSA) is 27.1 Å². The van der Waals surface area contributed by atoms with Gasteiger partial charge in [-0.15, -0.1) is 0 Å². The minimum Gasteiger partial charge on any atom is -0.483 e. The molecule has 0 fully saturated rings. The summed E-state index contributed by atoms with van der Waals surface area (Å²) in [6.07, 6.45) is 0.755. The first-order valence-corrected chi connectivity index (χ1v) is 9.88. The number of benzene rings is 3. The van der Waals surface area contributed by atoms with Gasteiger partial charge in [-0.1, -0.05) is 61.0 Å². The van der Waals surface area contributed by atoms with E-state index in [1.165, 1.54) is 16.7 Å². The lowest BCUT2D eigenvalue weighted by Gasteiger charge is -2.20. The van der Waals surface area contributed by atoms with Gasteiger partial charge in [0.05, 0.1) is 11.0 Å². The molecule has 4 aromatic rings. The van der Waals surface area contributed by atoms with E-state index in [1.54, 1.807) is 0 Å². The zero-order valence-corrected chi connectivity index (χ0v) is 16.7. The third-order valence-corrected chi connectivity index (χ3v) is 5.20. The van der Waals surface area contributed by atoms with Crippen LogP contribution in [0.2, 0.25) is 0 Å². The molecule has 1 aromatic heterocycles. The van der Waals surface area contributed by atoms with Gasteiger partial charge < -0.3 is 9.30 Å². The number of hydrogen-bond donors (Lipinski definition) is 0. The van der Waals surface area contributed by atoms with E-state index in [1.807, 2.05) is 36.4 Å². The van der Waals surface area contributed by atoms with Crippen molar-refractivity contribution in [3.05, 3.63) is 95.3 Å². The Morgan fingerprint density at radius 3 is 2.46 bits per heavy atom. The number of imidazole rings is 1. The van der Waals surface area contributed by atoms with Crippen molar-refractivity contribution < 1.29 is 4.74 Å². The highest BCUT2D eigenvalue weighted by atomic mass is 16.5. The zero-order valence-electron chi connectivity index (χ0n) is 16.7. The summed E-state index contributed by atoms with van der Waals surface area (Å²) in [6, 6.07) is 25.0. The second kappa shape index (κ2) is 7.89. The standard InChI is InChI=1S/C25H26N2O/c1-4-24(28-21-10-6-5-7-11-21)25-26-22-12-8-9-13-23(22)27(25)17-20-16-18(2)14-15-19(20)3/h5-16,24H,4,17H2,1-3H3. The Bertz CT molecular complexity index is 1080. The monoisotopic (exact) mass is 370 g/mol. The Morgan fingerprint density at radius 1 is 0.929 bits per heavy atom. The van der Waals surface area contributed by atoms with Gasteiger partial charge in [-0.3, -0.25) is 0 Å². The molecule has 0 saturated heterocycles. The van der Waals surface area contributed by atoms with Crippen LogP contribution in [0, 0.1) is 13.8 Å². The van der Waals surface area contributed by atoms with Gasteiger partial charge in [0.25, 0.3) is 0 Å². The summed E-state index contributed by atoms with van der Waals surface area (Å²) < 4.78 is 8.64. The number of hydrogen-bond acceptors (Lipinski definition) is 2. The fourth-order valence-corrected chi connectivity index (χ4v) is 3.63. The number of aromatic nitrogens is 2. The van der Waals surface area contributed by atoms with Crippen LogP contribution >= 0.6 is 0 Å². The van der Waals surface area contributed by atoms with Crippen molar-refractivity contribution in [3.63, 3.8) is 0 Å². The lowest BCUT2D eigenvalue weighted by Crippen LogP contribution is -2.15. The van der Waals surface area contributed by atoms with Crippen molar-refractivity contribution in [3.8, 4) is 5.75 Å². The van der Waals surface area contributed by atoms with Gasteiger partial charge in [0, 0.05) is 6.54 Å². The van der Waals surface area contributed by atoms with E-state index in [0.29, 0.717) is 0 Å². The first-order chi connectivity index (χ1) is 13.7. The van der Waals surface area contributed by atoms with E-state index in [2.05, 4.69) is 61.7 Å². The predicted molar refractivity (Wildman–Crippen MR) is 115 cm³/mol. The van der Waals surface area contributed by atoms with Crippen molar-refractivity contribution in [2.75, 3.05) is 0 Å². The van der Waals surface area contributed by atoms with Crippen LogP contribution in [-0.2, 0) is 6.54 Å². The van der Waals surface area contributed by atoms with Gasteiger partial charge in [-0.2, -0.15) is 0 Å². The van der Waals surface area contributed by atoms with E-state index in [0.717, 1.165) is 35.6 Å². The maximum Gasteiger partial charge on any atom is 0.156 e. The Hall–Kier alpha value is -3.07. The largest absolute Gasteiger partial charge is 0.483 e. The molecule has 0 spiro atoms. The zero-order chi connectivity index (χ0) is 19.5. The molecule has 0 amide bonds. The molecule has 4 rings (SSSR count). The van der Waals surface area contributed by atoms with Crippen molar-refractivity contribution in [2.24, 2.45) is 0 Å². The second-order valence-corrected chi connectivity index (χ2v) is 7.30. The SMILES string of the molecule is CCC(Oc1ccccc1)c1nc2ccccc2n1Cc1cc(C)ccc1C. The summed E-state index contributed by atoms with van der Waals surface area (Å²) in [6.45, 7) is 7.25. The molecule has 1 unspecified atom stereocenters. The van der Waals surface area contributed by atoms with Gasteiger partial charge in [0.2, 0.25) is 0 Å². The summed E-state index contributed by atoms with van der Waals surface area (Å²) in [5, 5.41) is 0. The van der Waals surface area contributed by atoms with Gasteiger partial charge in [0.1, 0.15) is 5.75 Å². The number of para-hydroxylation sites is 3. The predicted octanol–water partition coefficient (Wildman–Crippen LogP) is 6.23. The lowest BCUT2D eigenvalue weighted by molar-refractivity contribution is 0.187. The first kappa shape index (κ1) is 18.3. The van der Waals surface area contributed by atoms with Gasteiger partial charge in [0.15, 0.2) is 11.9 Å². The Labute approximate surface area is 166 Å². The van der Waals surface area contributed by atoms with Crippen LogP contribution in [0.5, 0.6) is 5.75 Å². The molecule has 3 nitrogen and oxygen atoms in total. The molecule has 28 heavy (non-hydrogen) atoms. The third kappa shape index (κ3) is 3.65. The molecule has 1 heterocycles. The molecule has 0 aliphatic carbocycles. The first-order valence-electron chi connectivity index (χ1n) is 9.88. The molecule has 0 aliphatic rings. The number of nitrogens with zero attached hydrogens (tertiary/aromatic N) is 2. The summed E-state index contributed by atoms with van der Waals surface area (Å²) >= 11 is 0. The molecule has 3 heteroatoms. The molecular formula is C25H26N2O. The molecule has 0 aliphatic heterocycles. The van der Waals surface area contributed by atoms with E-state index in [4.69, 9.17) is 9.72 Å². The van der Waals surface area contributed by atoms with Crippen LogP contribution in [-0.4, -0.2) is 9.55 Å². The average Bonchev–Trinajstić information content (AvgIpc) is 3.08. The van der Waals surface area contributed by atoms with Gasteiger partial charge >= 0.3 is 0 Å². The van der Waals surface area contributed by atoms with Gasteiger partial charge in [-0.25, -0.2) is 4.98 Å². The smallest absolute Gasteiger partial charge is 0.156 e. The van der Waals surface area contributed by atoms with Crippen LogP contribution in [0.15, 0.2) is 72.8 Å². The maximum atomic E-state index is 6.33. The van der Waals surface area contributed by atoms with Crippen LogP contribution in [0.4, 0.5) is 0 Å². The molecule has 3 aromatic carbocycles. The molecule has 0 bridgehead atoms. The van der Waals surface area contributed by atoms with E-state index in [9.17, 15) is 0 Å². The Morgan fingerprint density at radius 2 is 1.68 bits per heavy atom. The summed E-state index contributed by atoms with van der Waals surface area (Å²) in [4.78, 5) is 4.97. The molecule has 0 radical (unpaired) electrons. The van der Waals surface area contributed by atoms with Crippen molar-refractivity contribution >= 4 is 11.0 Å². The maximum absolute atomic E-state index is 6.33. The van der Waals surface area contributed by atoms with Crippen LogP contribution in [0.3, 0.4) is 0 Å². The minimum absolute atomic E-state index is 0.0973. The van der Waals surface area contributed by atoms with Crippen molar-refractivity contribution in [2.45, 2.75) is 39.8 Å². The average molecular weight is 370 g/mol. The summed E-state index contributed by atoms with van der Waals surface area (Å²) in [5.74, 6) is 1.85. The number of rotatable bonds is 6. The molecule has 1 atom stereocenters.